The zero-order chi connectivity index (χ0) is 15.2. The second kappa shape index (κ2) is 7.99. The van der Waals surface area contributed by atoms with Gasteiger partial charge in [0.2, 0.25) is 0 Å². The molecule has 20 heavy (non-hydrogen) atoms. The first-order valence-corrected chi connectivity index (χ1v) is 7.86. The molecule has 0 saturated carbocycles. The molecular weight excluding hydrogens is 254 g/mol. The van der Waals surface area contributed by atoms with Gasteiger partial charge >= 0.3 is 5.97 Å². The Kier molecular flexibility index (Phi) is 6.96. The third-order valence-electron chi connectivity index (χ3n) is 4.30. The Labute approximate surface area is 123 Å². The highest BCUT2D eigenvalue weighted by molar-refractivity contribution is 5.73. The van der Waals surface area contributed by atoms with E-state index >= 15 is 0 Å². The molecule has 1 atom stereocenters. The van der Waals surface area contributed by atoms with Gasteiger partial charge in [-0.05, 0) is 32.4 Å². The number of aliphatic carboxylic acids is 1. The Morgan fingerprint density at radius 2 is 1.85 bits per heavy atom. The molecule has 0 spiro atoms. The topological polar surface area (TPSA) is 49.8 Å². The minimum absolute atomic E-state index is 0.149. The van der Waals surface area contributed by atoms with Crippen LogP contribution < -0.4 is 0 Å². The van der Waals surface area contributed by atoms with Crippen LogP contribution in [0.1, 0.15) is 52.9 Å². The first-order chi connectivity index (χ1) is 9.36. The van der Waals surface area contributed by atoms with Crippen LogP contribution in [0.25, 0.3) is 0 Å². The predicted molar refractivity (Wildman–Crippen MR) is 80.9 cm³/mol. The Bertz CT molecular complexity index is 300. The number of likely N-dealkylation sites (N-methyl/N-ethyl adjacent to an activating group) is 1. The summed E-state index contributed by atoms with van der Waals surface area (Å²) in [7, 11) is 1.92. The van der Waals surface area contributed by atoms with Crippen LogP contribution in [0, 0.1) is 11.3 Å². The average molecular weight is 285 g/mol. The molecule has 1 aliphatic rings. The van der Waals surface area contributed by atoms with E-state index < -0.39 is 5.97 Å². The van der Waals surface area contributed by atoms with Crippen LogP contribution in [0.15, 0.2) is 0 Å². The van der Waals surface area contributed by atoms with Gasteiger partial charge in [0.25, 0.3) is 0 Å². The smallest absolute Gasteiger partial charge is 0.321 e. The Morgan fingerprint density at radius 3 is 2.30 bits per heavy atom. The lowest BCUT2D eigenvalue weighted by atomic mass is 9.83. The van der Waals surface area contributed by atoms with E-state index in [2.05, 4.69) is 6.92 Å². The van der Waals surface area contributed by atoms with Gasteiger partial charge in [0.05, 0.1) is 13.2 Å². The first kappa shape index (κ1) is 17.4. The zero-order valence-corrected chi connectivity index (χ0v) is 13.5. The van der Waals surface area contributed by atoms with Crippen molar-refractivity contribution in [1.29, 1.82) is 0 Å². The molecule has 0 aromatic rings. The van der Waals surface area contributed by atoms with Gasteiger partial charge in [0.15, 0.2) is 0 Å². The number of carboxylic acids is 1. The normalized spacial score (nSPS) is 19.1. The number of nitrogens with zero attached hydrogens (tertiary/aromatic N) is 1. The number of ether oxygens (including phenoxy) is 1. The molecule has 0 aromatic heterocycles. The van der Waals surface area contributed by atoms with Crippen LogP contribution in [0.2, 0.25) is 0 Å². The summed E-state index contributed by atoms with van der Waals surface area (Å²) in [5, 5.41) is 9.22. The molecule has 118 valence electrons. The van der Waals surface area contributed by atoms with E-state index in [0.29, 0.717) is 5.41 Å². The minimum atomic E-state index is -0.708. The SMILES string of the molecule is CC(C)C(C(=O)O)N(C)CCCCCCC1(C)COC1. The van der Waals surface area contributed by atoms with E-state index in [-0.39, 0.29) is 12.0 Å². The van der Waals surface area contributed by atoms with Crippen molar-refractivity contribution in [2.45, 2.75) is 58.9 Å². The van der Waals surface area contributed by atoms with Crippen LogP contribution in [-0.4, -0.2) is 48.8 Å². The van der Waals surface area contributed by atoms with Gasteiger partial charge in [-0.1, -0.05) is 40.0 Å². The van der Waals surface area contributed by atoms with E-state index in [1.807, 2.05) is 25.8 Å². The Hall–Kier alpha value is -0.610. The van der Waals surface area contributed by atoms with Crippen molar-refractivity contribution in [2.24, 2.45) is 11.3 Å². The maximum atomic E-state index is 11.2. The van der Waals surface area contributed by atoms with Crippen LogP contribution in [-0.2, 0) is 9.53 Å². The average Bonchev–Trinajstić information content (AvgIpc) is 2.30. The fourth-order valence-electron chi connectivity index (χ4n) is 2.98. The molecule has 0 bridgehead atoms. The summed E-state index contributed by atoms with van der Waals surface area (Å²) in [6.07, 6.45) is 6.03. The molecule has 1 heterocycles. The van der Waals surface area contributed by atoms with Gasteiger partial charge in [0, 0.05) is 5.41 Å². The molecule has 1 unspecified atom stereocenters. The maximum Gasteiger partial charge on any atom is 0.321 e. The van der Waals surface area contributed by atoms with Gasteiger partial charge in [-0.25, -0.2) is 0 Å². The molecule has 1 rings (SSSR count). The van der Waals surface area contributed by atoms with E-state index in [9.17, 15) is 9.90 Å². The molecule has 0 aromatic carbocycles. The molecule has 4 heteroatoms. The Balaban J connectivity index is 2.09. The highest BCUT2D eigenvalue weighted by atomic mass is 16.5. The van der Waals surface area contributed by atoms with Crippen molar-refractivity contribution in [3.05, 3.63) is 0 Å². The lowest BCUT2D eigenvalue weighted by molar-refractivity contribution is -0.144. The second-order valence-corrected chi connectivity index (χ2v) is 6.98. The molecular formula is C16H31NO3. The summed E-state index contributed by atoms with van der Waals surface area (Å²) in [4.78, 5) is 13.2. The van der Waals surface area contributed by atoms with Crippen molar-refractivity contribution >= 4 is 5.97 Å². The van der Waals surface area contributed by atoms with Gasteiger partial charge < -0.3 is 9.84 Å². The Morgan fingerprint density at radius 1 is 1.25 bits per heavy atom. The molecule has 0 amide bonds. The summed E-state index contributed by atoms with van der Waals surface area (Å²) >= 11 is 0. The van der Waals surface area contributed by atoms with Crippen LogP contribution >= 0.6 is 0 Å². The van der Waals surface area contributed by atoms with E-state index in [4.69, 9.17) is 4.74 Å². The van der Waals surface area contributed by atoms with Crippen LogP contribution in [0.3, 0.4) is 0 Å². The molecule has 1 fully saturated rings. The van der Waals surface area contributed by atoms with E-state index in [1.54, 1.807) is 0 Å². The summed E-state index contributed by atoms with van der Waals surface area (Å²) in [6, 6.07) is -0.360. The number of rotatable bonds is 10. The highest BCUT2D eigenvalue weighted by Gasteiger charge is 2.32. The number of carboxylic acid groups (broad SMARTS) is 1. The third-order valence-corrected chi connectivity index (χ3v) is 4.30. The lowest BCUT2D eigenvalue weighted by Gasteiger charge is -2.38. The second-order valence-electron chi connectivity index (χ2n) is 6.98. The van der Waals surface area contributed by atoms with Crippen LogP contribution in [0.4, 0.5) is 0 Å². The molecule has 1 N–H and O–H groups in total. The van der Waals surface area contributed by atoms with Crippen LogP contribution in [0.5, 0.6) is 0 Å². The summed E-state index contributed by atoms with van der Waals surface area (Å²) < 4.78 is 5.26. The molecule has 4 nitrogen and oxygen atoms in total. The number of unbranched alkanes of at least 4 members (excludes halogenated alkanes) is 3. The van der Waals surface area contributed by atoms with Crippen molar-refractivity contribution in [2.75, 3.05) is 26.8 Å². The maximum absolute atomic E-state index is 11.2. The van der Waals surface area contributed by atoms with Gasteiger partial charge in [0.1, 0.15) is 6.04 Å². The van der Waals surface area contributed by atoms with Crippen molar-refractivity contribution in [3.8, 4) is 0 Å². The summed E-state index contributed by atoms with van der Waals surface area (Å²) in [5.41, 5.74) is 0.433. The highest BCUT2D eigenvalue weighted by Crippen LogP contribution is 2.32. The van der Waals surface area contributed by atoms with E-state index in [1.165, 1.54) is 25.7 Å². The molecule has 0 radical (unpaired) electrons. The van der Waals surface area contributed by atoms with Gasteiger partial charge in [-0.3, -0.25) is 9.69 Å². The fraction of sp³-hybridized carbons (Fsp3) is 0.938. The zero-order valence-electron chi connectivity index (χ0n) is 13.5. The van der Waals surface area contributed by atoms with Crippen molar-refractivity contribution in [3.63, 3.8) is 0 Å². The molecule has 1 aliphatic heterocycles. The van der Waals surface area contributed by atoms with Crippen molar-refractivity contribution < 1.29 is 14.6 Å². The first-order valence-electron chi connectivity index (χ1n) is 7.86. The molecule has 1 saturated heterocycles. The number of hydrogen-bond donors (Lipinski definition) is 1. The number of hydrogen-bond acceptors (Lipinski definition) is 3. The molecule has 0 aliphatic carbocycles. The van der Waals surface area contributed by atoms with Gasteiger partial charge in [-0.15, -0.1) is 0 Å². The quantitative estimate of drug-likeness (QED) is 0.627. The summed E-state index contributed by atoms with van der Waals surface area (Å²) in [6.45, 7) is 8.95. The largest absolute Gasteiger partial charge is 0.480 e. The monoisotopic (exact) mass is 285 g/mol. The number of carbonyl (C=O) groups is 1. The standard InChI is InChI=1S/C16H31NO3/c1-13(2)14(15(18)19)17(4)10-8-6-5-7-9-16(3)11-20-12-16/h13-14H,5-12H2,1-4H3,(H,18,19). The fourth-order valence-corrected chi connectivity index (χ4v) is 2.98. The third kappa shape index (κ3) is 5.41. The predicted octanol–water partition coefficient (Wildman–Crippen LogP) is 3.01. The van der Waals surface area contributed by atoms with Crippen molar-refractivity contribution in [1.82, 2.24) is 4.90 Å². The summed E-state index contributed by atoms with van der Waals surface area (Å²) in [5.74, 6) is -0.559. The van der Waals surface area contributed by atoms with Gasteiger partial charge in [-0.2, -0.15) is 0 Å². The van der Waals surface area contributed by atoms with E-state index in [0.717, 1.165) is 26.2 Å². The lowest BCUT2D eigenvalue weighted by Crippen LogP contribution is -2.42. The minimum Gasteiger partial charge on any atom is -0.480 e.